The predicted molar refractivity (Wildman–Crippen MR) is 137 cm³/mol. The maximum atomic E-state index is 13.8. The monoisotopic (exact) mass is 516 g/mol. The number of para-hydroxylation sites is 1. The molecule has 1 aliphatic heterocycles. The van der Waals surface area contributed by atoms with Crippen molar-refractivity contribution in [3.05, 3.63) is 58.6 Å². The number of anilines is 1. The Morgan fingerprint density at radius 1 is 1.14 bits per heavy atom. The van der Waals surface area contributed by atoms with Crippen LogP contribution in [0.3, 0.4) is 0 Å². The molecule has 2 atom stereocenters. The summed E-state index contributed by atoms with van der Waals surface area (Å²) in [6, 6.07) is 12.7. The maximum Gasteiger partial charge on any atom is 0.325 e. The van der Waals surface area contributed by atoms with Gasteiger partial charge in [-0.3, -0.25) is 14.4 Å². The summed E-state index contributed by atoms with van der Waals surface area (Å²) in [5.41, 5.74) is 1.81. The van der Waals surface area contributed by atoms with E-state index in [4.69, 9.17) is 25.8 Å². The third kappa shape index (κ3) is 6.77. The van der Waals surface area contributed by atoms with E-state index in [0.29, 0.717) is 34.1 Å². The normalized spacial score (nSPS) is 17.7. The van der Waals surface area contributed by atoms with Crippen molar-refractivity contribution in [3.63, 3.8) is 0 Å². The van der Waals surface area contributed by atoms with Gasteiger partial charge in [0.1, 0.15) is 24.5 Å². The minimum Gasteiger partial charge on any atom is -0.496 e. The van der Waals surface area contributed by atoms with Gasteiger partial charge in [-0.25, -0.2) is 0 Å². The molecule has 0 aliphatic carbocycles. The van der Waals surface area contributed by atoms with Crippen molar-refractivity contribution in [1.29, 1.82) is 0 Å². The lowest BCUT2D eigenvalue weighted by atomic mass is 9.94. The average molecular weight is 517 g/mol. The first-order valence-corrected chi connectivity index (χ1v) is 12.2. The highest BCUT2D eigenvalue weighted by Crippen LogP contribution is 2.43. The third-order valence-corrected chi connectivity index (χ3v) is 5.80. The van der Waals surface area contributed by atoms with Crippen LogP contribution in [0.15, 0.2) is 42.5 Å². The van der Waals surface area contributed by atoms with Gasteiger partial charge in [-0.05, 0) is 36.6 Å². The first-order valence-electron chi connectivity index (χ1n) is 11.9. The van der Waals surface area contributed by atoms with Crippen LogP contribution in [0.25, 0.3) is 0 Å². The number of rotatable bonds is 8. The lowest BCUT2D eigenvalue weighted by Crippen LogP contribution is -2.45. The van der Waals surface area contributed by atoms with Gasteiger partial charge in [0.15, 0.2) is 0 Å². The first-order chi connectivity index (χ1) is 17.0. The molecule has 0 fully saturated rings. The summed E-state index contributed by atoms with van der Waals surface area (Å²) < 4.78 is 16.8. The van der Waals surface area contributed by atoms with E-state index in [9.17, 15) is 14.4 Å². The number of hydrogen-bond donors (Lipinski definition) is 1. The molecule has 0 saturated heterocycles. The topological polar surface area (TPSA) is 94.2 Å². The van der Waals surface area contributed by atoms with Gasteiger partial charge in [0.05, 0.1) is 20.1 Å². The first kappa shape index (κ1) is 27.5. The number of methoxy groups -OCH3 is 1. The molecule has 0 spiro atoms. The number of fused-ring (bicyclic) bond motifs is 1. The highest BCUT2D eigenvalue weighted by molar-refractivity contribution is 6.30. The summed E-state index contributed by atoms with van der Waals surface area (Å²) in [5, 5.41) is 3.01. The zero-order chi connectivity index (χ0) is 26.5. The van der Waals surface area contributed by atoms with E-state index in [1.807, 2.05) is 45.0 Å². The molecule has 0 saturated carbocycles. The smallest absolute Gasteiger partial charge is 0.325 e. The zero-order valence-corrected chi connectivity index (χ0v) is 22.1. The summed E-state index contributed by atoms with van der Waals surface area (Å²) in [5.74, 6) is -0.824. The number of nitrogens with one attached hydrogen (secondary N) is 1. The molecule has 9 heteroatoms. The third-order valence-electron chi connectivity index (χ3n) is 5.56. The lowest BCUT2D eigenvalue weighted by Gasteiger charge is -2.31. The fourth-order valence-electron chi connectivity index (χ4n) is 4.09. The zero-order valence-electron chi connectivity index (χ0n) is 21.3. The van der Waals surface area contributed by atoms with E-state index in [1.54, 1.807) is 37.1 Å². The molecule has 1 N–H and O–H groups in total. The molecule has 3 rings (SSSR count). The van der Waals surface area contributed by atoms with Gasteiger partial charge < -0.3 is 24.4 Å². The molecule has 0 radical (unpaired) electrons. The van der Waals surface area contributed by atoms with Crippen LogP contribution in [0.4, 0.5) is 5.69 Å². The quantitative estimate of drug-likeness (QED) is 0.526. The second-order valence-corrected chi connectivity index (χ2v) is 10.2. The molecular weight excluding hydrogens is 484 g/mol. The van der Waals surface area contributed by atoms with E-state index in [0.717, 1.165) is 0 Å². The number of benzene rings is 2. The lowest BCUT2D eigenvalue weighted by molar-refractivity contribution is -0.144. The number of carbonyl (C=O) groups is 3. The van der Waals surface area contributed by atoms with Crippen molar-refractivity contribution in [2.24, 2.45) is 5.41 Å². The molecule has 1 aliphatic rings. The predicted octanol–water partition coefficient (Wildman–Crippen LogP) is 4.29. The van der Waals surface area contributed by atoms with Crippen LogP contribution >= 0.6 is 11.6 Å². The van der Waals surface area contributed by atoms with Gasteiger partial charge in [0, 0.05) is 28.4 Å². The Kier molecular flexibility index (Phi) is 8.98. The summed E-state index contributed by atoms with van der Waals surface area (Å²) in [7, 11) is 1.56. The summed E-state index contributed by atoms with van der Waals surface area (Å²) in [6.45, 7) is 8.08. The summed E-state index contributed by atoms with van der Waals surface area (Å²) in [4.78, 5) is 39.9. The van der Waals surface area contributed by atoms with E-state index >= 15 is 0 Å². The largest absolute Gasteiger partial charge is 0.496 e. The Labute approximate surface area is 216 Å². The number of amides is 2. The van der Waals surface area contributed by atoms with Crippen molar-refractivity contribution in [2.75, 3.05) is 31.7 Å². The van der Waals surface area contributed by atoms with Gasteiger partial charge in [-0.2, -0.15) is 0 Å². The van der Waals surface area contributed by atoms with Gasteiger partial charge in [-0.1, -0.05) is 50.6 Å². The number of ether oxygens (including phenoxy) is 3. The van der Waals surface area contributed by atoms with Crippen LogP contribution in [-0.2, 0) is 23.9 Å². The van der Waals surface area contributed by atoms with Crippen molar-refractivity contribution in [2.45, 2.75) is 46.3 Å². The van der Waals surface area contributed by atoms with Gasteiger partial charge >= 0.3 is 5.97 Å². The van der Waals surface area contributed by atoms with Gasteiger partial charge in [0.25, 0.3) is 5.91 Å². The van der Waals surface area contributed by atoms with Crippen molar-refractivity contribution < 1.29 is 28.6 Å². The van der Waals surface area contributed by atoms with Crippen molar-refractivity contribution >= 4 is 35.1 Å². The standard InChI is InChI=1S/C27H33ClN2O6/c1-6-35-24(32)15-29-23(31)14-22-26(33)30(16-27(2,3)4)20-12-11-17(28)13-19(20)25(36-22)18-9-7-8-10-21(18)34-5/h7-13,22,25H,6,14-16H2,1-5H3,(H,29,31)/t22-,25-/m0/s1. The Hall–Kier alpha value is -3.10. The van der Waals surface area contributed by atoms with Crippen LogP contribution in [0.5, 0.6) is 5.75 Å². The van der Waals surface area contributed by atoms with Crippen LogP contribution in [0.2, 0.25) is 5.02 Å². The van der Waals surface area contributed by atoms with E-state index < -0.39 is 24.1 Å². The van der Waals surface area contributed by atoms with Gasteiger partial charge in [-0.15, -0.1) is 0 Å². The molecule has 1 heterocycles. The maximum absolute atomic E-state index is 13.8. The van der Waals surface area contributed by atoms with Crippen molar-refractivity contribution in [1.82, 2.24) is 5.32 Å². The number of carbonyl (C=O) groups excluding carboxylic acids is 3. The highest BCUT2D eigenvalue weighted by Gasteiger charge is 2.39. The molecule has 0 bridgehead atoms. The second-order valence-electron chi connectivity index (χ2n) is 9.72. The Morgan fingerprint density at radius 2 is 1.86 bits per heavy atom. The molecule has 2 amide bonds. The molecule has 0 aromatic heterocycles. The fourth-order valence-corrected chi connectivity index (χ4v) is 4.27. The van der Waals surface area contributed by atoms with Crippen LogP contribution in [0, 0.1) is 5.41 Å². The van der Waals surface area contributed by atoms with Crippen LogP contribution < -0.4 is 15.0 Å². The van der Waals surface area contributed by atoms with Gasteiger partial charge in [0.2, 0.25) is 5.91 Å². The second kappa shape index (κ2) is 11.8. The van der Waals surface area contributed by atoms with E-state index in [2.05, 4.69) is 5.32 Å². The number of hydrogen-bond acceptors (Lipinski definition) is 6. The SMILES string of the molecule is CCOC(=O)CNC(=O)C[C@@H]1O[C@@H](c2ccccc2OC)c2cc(Cl)ccc2N(CC(C)(C)C)C1=O. The molecular formula is C27H33ClN2O6. The Balaban J connectivity index is 2.05. The molecule has 194 valence electrons. The molecule has 0 unspecified atom stereocenters. The Bertz CT molecular complexity index is 1110. The van der Waals surface area contributed by atoms with E-state index in [1.165, 1.54) is 0 Å². The molecule has 8 nitrogen and oxygen atoms in total. The van der Waals surface area contributed by atoms with Crippen LogP contribution in [0.1, 0.15) is 51.3 Å². The van der Waals surface area contributed by atoms with Crippen molar-refractivity contribution in [3.8, 4) is 5.75 Å². The number of esters is 1. The Morgan fingerprint density at radius 3 is 2.53 bits per heavy atom. The molecule has 2 aromatic carbocycles. The van der Waals surface area contributed by atoms with E-state index in [-0.39, 0.29) is 30.9 Å². The fraction of sp³-hybridized carbons (Fsp3) is 0.444. The number of nitrogens with zero attached hydrogens (tertiary/aromatic N) is 1. The summed E-state index contributed by atoms with van der Waals surface area (Å²) >= 11 is 6.39. The summed E-state index contributed by atoms with van der Waals surface area (Å²) in [6.07, 6.45) is -2.12. The average Bonchev–Trinajstić information content (AvgIpc) is 2.92. The molecule has 2 aromatic rings. The number of halogens is 1. The molecule has 36 heavy (non-hydrogen) atoms. The minimum absolute atomic E-state index is 0.210. The minimum atomic E-state index is -1.12. The van der Waals surface area contributed by atoms with Crippen LogP contribution in [-0.4, -0.2) is 50.7 Å². The highest BCUT2D eigenvalue weighted by atomic mass is 35.5.